The highest BCUT2D eigenvalue weighted by Crippen LogP contribution is 2.28. The first kappa shape index (κ1) is 16.0. The Balaban J connectivity index is 1.47. The largest absolute Gasteiger partial charge is 0.389 e. The average Bonchev–Trinajstić information content (AvgIpc) is 3.23. The Labute approximate surface area is 143 Å². The fraction of sp³-hybridized carbons (Fsp3) is 0.600. The molecule has 25 heavy (non-hydrogen) atoms. The van der Waals surface area contributed by atoms with Crippen molar-refractivity contribution in [3.63, 3.8) is 0 Å². The number of aliphatic hydroxyl groups is 1. The van der Waals surface area contributed by atoms with Crippen LogP contribution in [0.25, 0.3) is 0 Å². The minimum absolute atomic E-state index is 0.274. The summed E-state index contributed by atoms with van der Waals surface area (Å²) in [6, 6.07) is 1.95. The zero-order valence-corrected chi connectivity index (χ0v) is 13.7. The van der Waals surface area contributed by atoms with E-state index in [2.05, 4.69) is 30.5 Å². The van der Waals surface area contributed by atoms with Gasteiger partial charge >= 0.3 is 5.69 Å². The van der Waals surface area contributed by atoms with Crippen molar-refractivity contribution in [1.29, 1.82) is 0 Å². The van der Waals surface area contributed by atoms with E-state index in [9.17, 15) is 9.90 Å². The van der Waals surface area contributed by atoms with Gasteiger partial charge in [0.05, 0.1) is 18.4 Å². The van der Waals surface area contributed by atoms with Crippen LogP contribution in [0.5, 0.6) is 0 Å². The first-order valence-electron chi connectivity index (χ1n) is 8.44. The molecule has 2 aliphatic rings. The molecule has 0 spiro atoms. The molecule has 10 nitrogen and oxygen atoms in total. The minimum Gasteiger partial charge on any atom is -0.389 e. The van der Waals surface area contributed by atoms with Crippen LogP contribution in [-0.4, -0.2) is 69.2 Å². The van der Waals surface area contributed by atoms with E-state index in [1.54, 1.807) is 0 Å². The van der Waals surface area contributed by atoms with Gasteiger partial charge in [-0.15, -0.1) is 0 Å². The van der Waals surface area contributed by atoms with Crippen LogP contribution in [0, 0.1) is 0 Å². The fourth-order valence-electron chi connectivity index (χ4n) is 3.01. The third-order valence-corrected chi connectivity index (χ3v) is 4.45. The number of nitrogens with one attached hydrogen (secondary N) is 3. The number of aliphatic hydroxyl groups excluding tert-OH is 1. The van der Waals surface area contributed by atoms with Gasteiger partial charge in [0.1, 0.15) is 11.6 Å². The Morgan fingerprint density at radius 2 is 2.28 bits per heavy atom. The Kier molecular flexibility index (Phi) is 4.36. The molecule has 0 amide bonds. The predicted octanol–water partition coefficient (Wildman–Crippen LogP) is -0.773. The summed E-state index contributed by atoms with van der Waals surface area (Å²) in [4.78, 5) is 24.8. The van der Waals surface area contributed by atoms with Crippen LogP contribution >= 0.6 is 0 Å². The van der Waals surface area contributed by atoms with Crippen molar-refractivity contribution in [3.8, 4) is 0 Å². The van der Waals surface area contributed by atoms with E-state index in [0.29, 0.717) is 44.4 Å². The van der Waals surface area contributed by atoms with Gasteiger partial charge in [0.15, 0.2) is 0 Å². The number of anilines is 2. The summed E-state index contributed by atoms with van der Waals surface area (Å²) in [6.07, 6.45) is 1.21. The normalized spacial score (nSPS) is 20.7. The highest BCUT2D eigenvalue weighted by atomic mass is 16.5. The van der Waals surface area contributed by atoms with Crippen LogP contribution in [0.2, 0.25) is 0 Å². The van der Waals surface area contributed by atoms with E-state index in [1.807, 2.05) is 11.0 Å². The summed E-state index contributed by atoms with van der Waals surface area (Å²) in [7, 11) is 0. The Morgan fingerprint density at radius 3 is 2.96 bits per heavy atom. The van der Waals surface area contributed by atoms with Gasteiger partial charge in [-0.05, 0) is 6.42 Å². The lowest BCUT2D eigenvalue weighted by Crippen LogP contribution is -2.51. The van der Waals surface area contributed by atoms with Crippen LogP contribution in [-0.2, 0) is 11.2 Å². The predicted molar refractivity (Wildman–Crippen MR) is 89.8 cm³/mol. The van der Waals surface area contributed by atoms with Crippen LogP contribution in [0.4, 0.5) is 11.8 Å². The molecule has 0 bridgehead atoms. The minimum atomic E-state index is -0.310. The van der Waals surface area contributed by atoms with Gasteiger partial charge < -0.3 is 20.1 Å². The molecular formula is C15H21N7O3. The van der Waals surface area contributed by atoms with Crippen molar-refractivity contribution in [2.24, 2.45) is 0 Å². The van der Waals surface area contributed by atoms with E-state index < -0.39 is 0 Å². The molecule has 2 fully saturated rings. The molecule has 134 valence electrons. The van der Waals surface area contributed by atoms with Crippen LogP contribution in [0.3, 0.4) is 0 Å². The summed E-state index contributed by atoms with van der Waals surface area (Å²) in [5.74, 6) is 2.23. The molecule has 1 unspecified atom stereocenters. The maximum Gasteiger partial charge on any atom is 0.340 e. The number of rotatable bonds is 6. The molecule has 0 saturated carbocycles. The maximum atomic E-state index is 11.0. The second-order valence-corrected chi connectivity index (χ2v) is 6.40. The van der Waals surface area contributed by atoms with Crippen molar-refractivity contribution in [1.82, 2.24) is 25.1 Å². The summed E-state index contributed by atoms with van der Waals surface area (Å²) >= 11 is 0. The number of aromatic amines is 2. The van der Waals surface area contributed by atoms with Gasteiger partial charge in [0.25, 0.3) is 0 Å². The van der Waals surface area contributed by atoms with E-state index in [1.165, 1.54) is 0 Å². The molecule has 2 aromatic heterocycles. The van der Waals surface area contributed by atoms with Crippen LogP contribution in [0.15, 0.2) is 10.9 Å². The molecule has 1 atom stereocenters. The molecule has 0 aromatic carbocycles. The van der Waals surface area contributed by atoms with Crippen molar-refractivity contribution in [2.75, 3.05) is 43.1 Å². The number of hydrogen-bond donors (Lipinski definition) is 4. The van der Waals surface area contributed by atoms with Crippen molar-refractivity contribution in [2.45, 2.75) is 24.9 Å². The van der Waals surface area contributed by atoms with E-state index in [4.69, 9.17) is 4.74 Å². The highest BCUT2D eigenvalue weighted by molar-refractivity contribution is 5.46. The summed E-state index contributed by atoms with van der Waals surface area (Å²) < 4.78 is 5.47. The summed E-state index contributed by atoms with van der Waals surface area (Å²) in [5.41, 5.74) is 0.652. The topological polar surface area (TPSA) is 132 Å². The second kappa shape index (κ2) is 6.81. The van der Waals surface area contributed by atoms with Gasteiger partial charge in [-0.2, -0.15) is 10.1 Å². The van der Waals surface area contributed by atoms with Crippen molar-refractivity contribution >= 4 is 11.8 Å². The van der Waals surface area contributed by atoms with E-state index in [0.717, 1.165) is 24.5 Å². The Morgan fingerprint density at radius 1 is 1.40 bits per heavy atom. The molecular weight excluding hydrogens is 326 g/mol. The van der Waals surface area contributed by atoms with Crippen LogP contribution < -0.4 is 15.9 Å². The third-order valence-electron chi connectivity index (χ3n) is 4.45. The zero-order chi connectivity index (χ0) is 17.2. The van der Waals surface area contributed by atoms with Gasteiger partial charge in [-0.25, -0.2) is 14.9 Å². The van der Waals surface area contributed by atoms with Gasteiger partial charge in [0, 0.05) is 44.6 Å². The number of aromatic nitrogens is 5. The first-order valence-corrected chi connectivity index (χ1v) is 8.44. The van der Waals surface area contributed by atoms with Gasteiger partial charge in [-0.3, -0.25) is 4.98 Å². The maximum absolute atomic E-state index is 11.0. The van der Waals surface area contributed by atoms with Crippen molar-refractivity contribution < 1.29 is 9.84 Å². The van der Waals surface area contributed by atoms with Crippen LogP contribution in [0.1, 0.15) is 23.9 Å². The second-order valence-electron chi connectivity index (χ2n) is 6.40. The van der Waals surface area contributed by atoms with E-state index in [-0.39, 0.29) is 17.7 Å². The molecule has 4 heterocycles. The molecule has 2 aromatic rings. The monoisotopic (exact) mass is 347 g/mol. The number of H-pyrrole nitrogens is 2. The zero-order valence-electron chi connectivity index (χ0n) is 13.7. The Bertz CT molecular complexity index is 777. The number of nitrogens with zero attached hydrogens (tertiary/aromatic N) is 4. The van der Waals surface area contributed by atoms with E-state index >= 15 is 0 Å². The summed E-state index contributed by atoms with van der Waals surface area (Å²) in [5, 5.41) is 19.0. The average molecular weight is 347 g/mol. The number of hydrogen-bond acceptors (Lipinski definition) is 8. The standard InChI is InChI=1S/C15H21N7O3/c23-10-6-22(7-10)14-17-11(9-2-4-25-8-9)5-13(18-14)16-3-1-12-19-15(24)21-20-12/h5,9-10,23H,1-4,6-8H2,(H,16,17,18)(H2,19,20,21,24). The van der Waals surface area contributed by atoms with Crippen molar-refractivity contribution in [3.05, 3.63) is 28.1 Å². The number of β-amino-alcohol motifs (C(OH)–C–C–N with tert-alkyl or cyclic N) is 1. The molecule has 10 heteroatoms. The lowest BCUT2D eigenvalue weighted by atomic mass is 10.0. The fourth-order valence-corrected chi connectivity index (χ4v) is 3.01. The molecule has 2 aliphatic heterocycles. The summed E-state index contributed by atoms with van der Waals surface area (Å²) in [6.45, 7) is 3.12. The molecule has 4 N–H and O–H groups in total. The van der Waals surface area contributed by atoms with Gasteiger partial charge in [-0.1, -0.05) is 0 Å². The molecule has 0 radical (unpaired) electrons. The smallest absolute Gasteiger partial charge is 0.340 e. The molecule has 0 aliphatic carbocycles. The van der Waals surface area contributed by atoms with Gasteiger partial charge in [0.2, 0.25) is 5.95 Å². The third kappa shape index (κ3) is 3.64. The highest BCUT2D eigenvalue weighted by Gasteiger charge is 2.28. The lowest BCUT2D eigenvalue weighted by Gasteiger charge is -2.36. The quantitative estimate of drug-likeness (QED) is 0.535. The number of ether oxygens (including phenoxy) is 1. The first-order chi connectivity index (χ1) is 12.2. The lowest BCUT2D eigenvalue weighted by molar-refractivity contribution is 0.140. The Hall–Kier alpha value is -2.46. The molecule has 4 rings (SSSR count). The SMILES string of the molecule is O=c1[nH]nc(CCNc2cc(C3CCOC3)nc(N3CC(O)C3)n2)[nH]1. The molecule has 2 saturated heterocycles.